The summed E-state index contributed by atoms with van der Waals surface area (Å²) < 4.78 is 2.36. The van der Waals surface area contributed by atoms with Crippen LogP contribution in [0.4, 0.5) is 11.4 Å². The first kappa shape index (κ1) is 19.0. The largest absolute Gasteiger partial charge is 0.354 e. The number of hydrogen-bond donors (Lipinski definition) is 1. The molecule has 0 aliphatic heterocycles. The topological polar surface area (TPSA) is 17.0 Å². The molecule has 0 radical (unpaired) electrons. The maximum Gasteiger partial charge on any atom is 0.0776 e. The van der Waals surface area contributed by atoms with Crippen LogP contribution in [-0.4, -0.2) is 4.57 Å². The fourth-order valence-corrected chi connectivity index (χ4v) is 5.20. The molecule has 1 N–H and O–H groups in total. The van der Waals surface area contributed by atoms with Crippen LogP contribution in [-0.2, 0) is 0 Å². The molecule has 0 aliphatic rings. The van der Waals surface area contributed by atoms with E-state index in [4.69, 9.17) is 0 Å². The lowest BCUT2D eigenvalue weighted by atomic mass is 10.0. The predicted octanol–water partition coefficient (Wildman–Crippen LogP) is 8.83. The van der Waals surface area contributed by atoms with Gasteiger partial charge in [0.2, 0.25) is 0 Å². The van der Waals surface area contributed by atoms with Gasteiger partial charge in [0.25, 0.3) is 0 Å². The van der Waals surface area contributed by atoms with Gasteiger partial charge < -0.3 is 9.88 Å². The maximum absolute atomic E-state index is 3.75. The van der Waals surface area contributed by atoms with Gasteiger partial charge in [0.15, 0.2) is 0 Å². The summed E-state index contributed by atoms with van der Waals surface area (Å²) in [5, 5.41) is 11.3. The molecule has 0 aliphatic carbocycles. The molecule has 34 heavy (non-hydrogen) atoms. The Morgan fingerprint density at radius 1 is 0.471 bits per heavy atom. The first-order valence-electron chi connectivity index (χ1n) is 11.6. The lowest BCUT2D eigenvalue weighted by molar-refractivity contribution is 1.18. The number of rotatable bonds is 3. The maximum atomic E-state index is 3.75. The number of aromatic nitrogens is 1. The average molecular weight is 435 g/mol. The van der Waals surface area contributed by atoms with Crippen LogP contribution < -0.4 is 5.32 Å². The number of nitrogens with one attached hydrogen (secondary N) is 1. The van der Waals surface area contributed by atoms with Gasteiger partial charge in [0.1, 0.15) is 0 Å². The number of nitrogens with zero attached hydrogens (tertiary/aromatic N) is 1. The smallest absolute Gasteiger partial charge is 0.0776 e. The van der Waals surface area contributed by atoms with Crippen molar-refractivity contribution in [3.05, 3.63) is 127 Å². The lowest BCUT2D eigenvalue weighted by Gasteiger charge is -2.14. The summed E-state index contributed by atoms with van der Waals surface area (Å²) in [6.45, 7) is 0. The third-order valence-electron chi connectivity index (χ3n) is 6.73. The Labute approximate surface area is 197 Å². The lowest BCUT2D eigenvalue weighted by Crippen LogP contribution is -1.98. The fraction of sp³-hybridized carbons (Fsp3) is 0. The van der Waals surface area contributed by atoms with Crippen LogP contribution in [0.2, 0.25) is 0 Å². The Bertz CT molecular complexity index is 1830. The molecule has 0 unspecified atom stereocenters. The van der Waals surface area contributed by atoms with Gasteiger partial charge >= 0.3 is 0 Å². The van der Waals surface area contributed by atoms with Crippen LogP contribution in [0.3, 0.4) is 0 Å². The Kier molecular flexibility index (Phi) is 4.18. The summed E-state index contributed by atoms with van der Waals surface area (Å²) in [6.07, 6.45) is 0. The third kappa shape index (κ3) is 2.89. The first-order chi connectivity index (χ1) is 16.9. The van der Waals surface area contributed by atoms with E-state index in [1.165, 1.54) is 43.4 Å². The molecular formula is C32H22N2. The zero-order valence-electron chi connectivity index (χ0n) is 18.6. The van der Waals surface area contributed by atoms with E-state index in [2.05, 4.69) is 137 Å². The zero-order valence-corrected chi connectivity index (χ0v) is 18.6. The Morgan fingerprint density at radius 2 is 1.15 bits per heavy atom. The zero-order chi connectivity index (χ0) is 22.5. The Balaban J connectivity index is 1.47. The summed E-state index contributed by atoms with van der Waals surface area (Å²) in [6, 6.07) is 45.4. The number of anilines is 2. The molecule has 7 rings (SSSR count). The van der Waals surface area contributed by atoms with Gasteiger partial charge in [0.05, 0.1) is 16.7 Å². The summed E-state index contributed by atoms with van der Waals surface area (Å²) in [5.74, 6) is 0. The highest BCUT2D eigenvalue weighted by molar-refractivity contribution is 6.14. The van der Waals surface area contributed by atoms with Crippen LogP contribution >= 0.6 is 0 Å². The average Bonchev–Trinajstić information content (AvgIpc) is 3.25. The SMILES string of the molecule is c1ccc(-n2c3ccccc3c3cccc(Nc4ccc5ccc6ccccc6c5c4)c32)cc1. The minimum absolute atomic E-state index is 1.08. The second-order valence-electron chi connectivity index (χ2n) is 8.74. The van der Waals surface area contributed by atoms with E-state index in [0.29, 0.717) is 0 Å². The van der Waals surface area contributed by atoms with Crippen molar-refractivity contribution >= 4 is 54.7 Å². The van der Waals surface area contributed by atoms with Crippen LogP contribution in [0.25, 0.3) is 49.0 Å². The molecular weight excluding hydrogens is 412 g/mol. The molecule has 0 saturated heterocycles. The van der Waals surface area contributed by atoms with Crippen LogP contribution in [0.1, 0.15) is 0 Å². The quantitative estimate of drug-likeness (QED) is 0.275. The Hall–Kier alpha value is -4.56. The monoisotopic (exact) mass is 434 g/mol. The molecule has 0 amide bonds. The van der Waals surface area contributed by atoms with Gasteiger partial charge in [-0.3, -0.25) is 0 Å². The van der Waals surface area contributed by atoms with E-state index in [1.54, 1.807) is 0 Å². The van der Waals surface area contributed by atoms with Crippen molar-refractivity contribution < 1.29 is 0 Å². The molecule has 0 saturated carbocycles. The van der Waals surface area contributed by atoms with E-state index in [-0.39, 0.29) is 0 Å². The van der Waals surface area contributed by atoms with Crippen molar-refractivity contribution in [3.63, 3.8) is 0 Å². The minimum Gasteiger partial charge on any atom is -0.354 e. The van der Waals surface area contributed by atoms with Crippen molar-refractivity contribution in [2.75, 3.05) is 5.32 Å². The first-order valence-corrected chi connectivity index (χ1v) is 11.6. The van der Waals surface area contributed by atoms with Crippen molar-refractivity contribution in [2.24, 2.45) is 0 Å². The summed E-state index contributed by atoms with van der Waals surface area (Å²) in [5.41, 5.74) is 5.74. The van der Waals surface area contributed by atoms with Gasteiger partial charge in [-0.25, -0.2) is 0 Å². The van der Waals surface area contributed by atoms with Gasteiger partial charge in [-0.15, -0.1) is 0 Å². The molecule has 0 fully saturated rings. The molecule has 2 nitrogen and oxygen atoms in total. The molecule has 2 heteroatoms. The predicted molar refractivity (Wildman–Crippen MR) is 146 cm³/mol. The van der Waals surface area contributed by atoms with E-state index in [0.717, 1.165) is 17.1 Å². The van der Waals surface area contributed by atoms with Crippen LogP contribution in [0, 0.1) is 0 Å². The second kappa shape index (κ2) is 7.50. The highest BCUT2D eigenvalue weighted by atomic mass is 15.0. The minimum atomic E-state index is 1.08. The molecule has 160 valence electrons. The standard InChI is InChI=1S/C32H22N2/c1-2-10-25(11-3-1)34-31-16-7-6-13-27(31)28-14-8-15-30(32(28)34)33-24-20-19-23-18-17-22-9-4-5-12-26(22)29(23)21-24/h1-21,33H. The van der Waals surface area contributed by atoms with Crippen LogP contribution in [0.15, 0.2) is 127 Å². The fourth-order valence-electron chi connectivity index (χ4n) is 5.20. The molecule has 6 aromatic carbocycles. The number of benzene rings is 6. The van der Waals surface area contributed by atoms with Gasteiger partial charge in [-0.2, -0.15) is 0 Å². The molecule has 0 atom stereocenters. The molecule has 0 spiro atoms. The summed E-state index contributed by atoms with van der Waals surface area (Å²) in [4.78, 5) is 0. The Morgan fingerprint density at radius 3 is 2.03 bits per heavy atom. The number of fused-ring (bicyclic) bond motifs is 6. The summed E-state index contributed by atoms with van der Waals surface area (Å²) >= 11 is 0. The van der Waals surface area contributed by atoms with Gasteiger partial charge in [0, 0.05) is 22.1 Å². The molecule has 7 aromatic rings. The number of para-hydroxylation sites is 3. The van der Waals surface area contributed by atoms with Gasteiger partial charge in [-0.1, -0.05) is 91.0 Å². The highest BCUT2D eigenvalue weighted by Gasteiger charge is 2.15. The summed E-state index contributed by atoms with van der Waals surface area (Å²) in [7, 11) is 0. The highest BCUT2D eigenvalue weighted by Crippen LogP contribution is 2.37. The van der Waals surface area contributed by atoms with E-state index in [9.17, 15) is 0 Å². The van der Waals surface area contributed by atoms with E-state index < -0.39 is 0 Å². The number of hydrogen-bond acceptors (Lipinski definition) is 1. The normalized spacial score (nSPS) is 11.5. The van der Waals surface area contributed by atoms with Gasteiger partial charge in [-0.05, 0) is 57.9 Å². The molecule has 0 bridgehead atoms. The second-order valence-corrected chi connectivity index (χ2v) is 8.74. The van der Waals surface area contributed by atoms with Crippen molar-refractivity contribution in [2.45, 2.75) is 0 Å². The van der Waals surface area contributed by atoms with E-state index >= 15 is 0 Å². The van der Waals surface area contributed by atoms with Crippen LogP contribution in [0.5, 0.6) is 0 Å². The van der Waals surface area contributed by atoms with Crippen molar-refractivity contribution in [3.8, 4) is 5.69 Å². The molecule has 1 aromatic heterocycles. The van der Waals surface area contributed by atoms with E-state index in [1.807, 2.05) is 0 Å². The third-order valence-corrected chi connectivity index (χ3v) is 6.73. The van der Waals surface area contributed by atoms with Crippen molar-refractivity contribution in [1.29, 1.82) is 0 Å². The molecule has 1 heterocycles. The van der Waals surface area contributed by atoms with Crippen molar-refractivity contribution in [1.82, 2.24) is 4.57 Å².